The second kappa shape index (κ2) is 13.2. The van der Waals surface area contributed by atoms with Gasteiger partial charge in [-0.05, 0) is 51.4 Å². The normalized spacial score (nSPS) is 23.3. The molecule has 0 saturated heterocycles. The van der Waals surface area contributed by atoms with Crippen LogP contribution in [0.25, 0.3) is 0 Å². The van der Waals surface area contributed by atoms with Crippen molar-refractivity contribution in [3.8, 4) is 11.5 Å². The molecular weight excluding hydrogens is 542 g/mol. The number of non-ortho nitro benzene ring substituents is 1. The smallest absolute Gasteiger partial charge is 0.336 e. The summed E-state index contributed by atoms with van der Waals surface area (Å²) in [4.78, 5) is 39.3. The van der Waals surface area contributed by atoms with Crippen molar-refractivity contribution in [1.82, 2.24) is 10.2 Å². The Morgan fingerprint density at radius 2 is 1.86 bits per heavy atom. The van der Waals surface area contributed by atoms with E-state index in [4.69, 9.17) is 14.2 Å². The first-order valence-electron chi connectivity index (χ1n) is 14.2. The molecule has 0 bridgehead atoms. The molecule has 2 heterocycles. The maximum Gasteiger partial charge on any atom is 0.336 e. The molecular formula is C31H39N3O8. The van der Waals surface area contributed by atoms with Crippen LogP contribution in [0.15, 0.2) is 59.8 Å². The molecule has 2 N–H and O–H groups in total. The van der Waals surface area contributed by atoms with Crippen molar-refractivity contribution in [2.75, 3.05) is 27.3 Å². The molecule has 2 aromatic rings. The van der Waals surface area contributed by atoms with E-state index in [1.54, 1.807) is 19.9 Å². The molecule has 4 rings (SSSR count). The molecule has 4 unspecified atom stereocenters. The number of allylic oxidation sites excluding steroid dienone is 1. The number of unbranched alkanes of at least 4 members (excludes halogenated alkanes) is 3. The number of carboxylic acid groups (broad SMARTS) is 1. The van der Waals surface area contributed by atoms with Gasteiger partial charge in [-0.15, -0.1) is 0 Å². The van der Waals surface area contributed by atoms with E-state index in [2.05, 4.69) is 10.2 Å². The summed E-state index contributed by atoms with van der Waals surface area (Å²) in [6, 6.07) is 12.9. The third-order valence-corrected chi connectivity index (χ3v) is 8.47. The summed E-state index contributed by atoms with van der Waals surface area (Å²) in [6.45, 7) is 4.71. The number of esters is 1. The van der Waals surface area contributed by atoms with Crippen LogP contribution in [0, 0.1) is 15.5 Å². The lowest BCUT2D eigenvalue weighted by molar-refractivity contribution is -0.384. The predicted molar refractivity (Wildman–Crippen MR) is 155 cm³/mol. The van der Waals surface area contributed by atoms with Crippen LogP contribution in [0.4, 0.5) is 5.69 Å². The van der Waals surface area contributed by atoms with Gasteiger partial charge in [0.1, 0.15) is 6.61 Å². The Balaban J connectivity index is 1.46. The van der Waals surface area contributed by atoms with Crippen molar-refractivity contribution in [3.05, 3.63) is 75.5 Å². The molecule has 0 fully saturated rings. The number of nitrogens with one attached hydrogen (secondary N) is 1. The van der Waals surface area contributed by atoms with Crippen LogP contribution >= 0.6 is 0 Å². The molecule has 0 saturated carbocycles. The number of hydrogen-bond donors (Lipinski definition) is 2. The molecule has 226 valence electrons. The molecule has 4 atom stereocenters. The minimum atomic E-state index is -1.43. The summed E-state index contributed by atoms with van der Waals surface area (Å²) in [5.74, 6) is -1.19. The van der Waals surface area contributed by atoms with E-state index in [-0.39, 0.29) is 23.9 Å². The lowest BCUT2D eigenvalue weighted by Crippen LogP contribution is -2.56. The first-order valence-corrected chi connectivity index (χ1v) is 14.2. The maximum atomic E-state index is 13.1. The Labute approximate surface area is 245 Å². The van der Waals surface area contributed by atoms with Crippen LogP contribution in [0.5, 0.6) is 11.5 Å². The van der Waals surface area contributed by atoms with E-state index >= 15 is 0 Å². The molecule has 0 spiro atoms. The van der Waals surface area contributed by atoms with Crippen LogP contribution in [-0.4, -0.2) is 66.4 Å². The standard InChI is InChI=1S/C31H39N3O8/c1-20-27(29(35)40-4)28(22-12-11-13-23(18-22)34(38)39)31(30(36)37,21(2)32-20)16-9-5-6-10-17-33(3)26-19-41-24-14-7-8-15-25(24)42-26/h7-8,11-15,18,21,26,28,32H,5-6,9-10,16-17,19H2,1-4H3,(H,36,37). The van der Waals surface area contributed by atoms with Gasteiger partial charge < -0.3 is 24.6 Å². The Hall–Kier alpha value is -4.12. The second-order valence-corrected chi connectivity index (χ2v) is 11.0. The molecule has 42 heavy (non-hydrogen) atoms. The van der Waals surface area contributed by atoms with E-state index in [1.807, 2.05) is 31.3 Å². The third kappa shape index (κ3) is 6.20. The topological polar surface area (TPSA) is 140 Å². The third-order valence-electron chi connectivity index (χ3n) is 8.47. The second-order valence-electron chi connectivity index (χ2n) is 11.0. The molecule has 2 aromatic carbocycles. The van der Waals surface area contributed by atoms with Gasteiger partial charge in [-0.3, -0.25) is 19.8 Å². The number of carbonyl (C=O) groups excluding carboxylic acids is 1. The van der Waals surface area contributed by atoms with Crippen LogP contribution in [0.2, 0.25) is 0 Å². The lowest BCUT2D eigenvalue weighted by atomic mass is 9.60. The molecule has 11 nitrogen and oxygen atoms in total. The molecule has 0 aliphatic carbocycles. The minimum absolute atomic E-state index is 0.167. The Morgan fingerprint density at radius 1 is 1.14 bits per heavy atom. The molecule has 0 amide bonds. The van der Waals surface area contributed by atoms with E-state index in [9.17, 15) is 24.8 Å². The monoisotopic (exact) mass is 581 g/mol. The highest BCUT2D eigenvalue weighted by molar-refractivity contribution is 5.94. The minimum Gasteiger partial charge on any atom is -0.484 e. The van der Waals surface area contributed by atoms with Crippen LogP contribution in [-0.2, 0) is 14.3 Å². The number of para-hydroxylation sites is 2. The number of ether oxygens (including phenoxy) is 3. The molecule has 0 aromatic heterocycles. The first kappa shape index (κ1) is 30.8. The summed E-state index contributed by atoms with van der Waals surface area (Å²) in [5, 5.41) is 25.5. The van der Waals surface area contributed by atoms with Gasteiger partial charge in [-0.25, -0.2) is 4.79 Å². The van der Waals surface area contributed by atoms with Gasteiger partial charge in [0, 0.05) is 36.3 Å². The fraction of sp³-hybridized carbons (Fsp3) is 0.484. The summed E-state index contributed by atoms with van der Waals surface area (Å²) < 4.78 is 16.9. The number of aliphatic carboxylic acids is 1. The fourth-order valence-electron chi connectivity index (χ4n) is 6.20. The highest BCUT2D eigenvalue weighted by Gasteiger charge is 2.56. The number of carboxylic acids is 1. The summed E-state index contributed by atoms with van der Waals surface area (Å²) in [5.41, 5.74) is -0.522. The van der Waals surface area contributed by atoms with Gasteiger partial charge in [-0.1, -0.05) is 43.5 Å². The number of nitro benzene ring substituents is 1. The predicted octanol–water partition coefficient (Wildman–Crippen LogP) is 4.87. The average molecular weight is 582 g/mol. The lowest BCUT2D eigenvalue weighted by Gasteiger charge is -2.47. The van der Waals surface area contributed by atoms with Crippen LogP contribution in [0.1, 0.15) is 57.4 Å². The molecule has 0 radical (unpaired) electrons. The van der Waals surface area contributed by atoms with Crippen molar-refractivity contribution < 1.29 is 33.8 Å². The van der Waals surface area contributed by atoms with Crippen LogP contribution in [0.3, 0.4) is 0 Å². The van der Waals surface area contributed by atoms with Crippen LogP contribution < -0.4 is 14.8 Å². The fourth-order valence-corrected chi connectivity index (χ4v) is 6.20. The van der Waals surface area contributed by atoms with E-state index in [1.165, 1.54) is 25.3 Å². The zero-order valence-electron chi connectivity index (χ0n) is 24.5. The van der Waals surface area contributed by atoms with Crippen molar-refractivity contribution in [3.63, 3.8) is 0 Å². The van der Waals surface area contributed by atoms with Gasteiger partial charge in [0.25, 0.3) is 5.69 Å². The number of hydrogen-bond acceptors (Lipinski definition) is 9. The van der Waals surface area contributed by atoms with Crippen molar-refractivity contribution in [2.24, 2.45) is 5.41 Å². The number of benzene rings is 2. The highest BCUT2D eigenvalue weighted by atomic mass is 16.6. The summed E-state index contributed by atoms with van der Waals surface area (Å²) in [6.07, 6.45) is 3.20. The SMILES string of the molecule is COC(=O)C1=C(C)NC(C)C(CCCCCCN(C)C2COc3ccccc3O2)(C(=O)O)C1c1cccc([N+](=O)[O-])c1. The van der Waals surface area contributed by atoms with Gasteiger partial charge in [0.15, 0.2) is 17.7 Å². The van der Waals surface area contributed by atoms with Crippen molar-refractivity contribution in [2.45, 2.75) is 64.1 Å². The number of nitrogens with zero attached hydrogens (tertiary/aromatic N) is 2. The average Bonchev–Trinajstić information content (AvgIpc) is 2.98. The van der Waals surface area contributed by atoms with Gasteiger partial charge in [-0.2, -0.15) is 0 Å². The van der Waals surface area contributed by atoms with Crippen molar-refractivity contribution in [1.29, 1.82) is 0 Å². The zero-order chi connectivity index (χ0) is 30.4. The Kier molecular flexibility index (Phi) is 9.72. The highest BCUT2D eigenvalue weighted by Crippen LogP contribution is 2.51. The Bertz CT molecular complexity index is 1340. The first-order chi connectivity index (χ1) is 20.1. The van der Waals surface area contributed by atoms with E-state index < -0.39 is 34.2 Å². The van der Waals surface area contributed by atoms with Gasteiger partial charge in [0.2, 0.25) is 0 Å². The molecule has 11 heteroatoms. The number of rotatable bonds is 12. The number of methoxy groups -OCH3 is 1. The maximum absolute atomic E-state index is 13.1. The number of nitro groups is 1. The quantitative estimate of drug-likeness (QED) is 0.154. The Morgan fingerprint density at radius 3 is 2.55 bits per heavy atom. The van der Waals surface area contributed by atoms with Gasteiger partial charge >= 0.3 is 11.9 Å². The molecule has 2 aliphatic heterocycles. The summed E-state index contributed by atoms with van der Waals surface area (Å²) >= 11 is 0. The van der Waals surface area contributed by atoms with E-state index in [0.29, 0.717) is 24.3 Å². The molecule has 2 aliphatic rings. The zero-order valence-corrected chi connectivity index (χ0v) is 24.5. The largest absolute Gasteiger partial charge is 0.484 e. The number of fused-ring (bicyclic) bond motifs is 1. The summed E-state index contributed by atoms with van der Waals surface area (Å²) in [7, 11) is 3.23. The van der Waals surface area contributed by atoms with Crippen molar-refractivity contribution >= 4 is 17.6 Å². The number of likely N-dealkylation sites (N-methyl/N-ethyl adjacent to an activating group) is 1. The number of carbonyl (C=O) groups is 2. The van der Waals surface area contributed by atoms with Gasteiger partial charge in [0.05, 0.1) is 23.0 Å². The van der Waals surface area contributed by atoms with E-state index in [0.717, 1.165) is 37.3 Å².